The van der Waals surface area contributed by atoms with Gasteiger partial charge in [-0.3, -0.25) is 0 Å². The molecule has 0 aliphatic carbocycles. The first-order valence-corrected chi connectivity index (χ1v) is 5.76. The van der Waals surface area contributed by atoms with Crippen LogP contribution in [0.4, 0.5) is 0 Å². The van der Waals surface area contributed by atoms with Crippen LogP contribution in [0.5, 0.6) is 5.75 Å². The van der Waals surface area contributed by atoms with Crippen molar-refractivity contribution in [2.45, 2.75) is 19.8 Å². The van der Waals surface area contributed by atoms with E-state index in [1.165, 1.54) is 9.13 Å². The summed E-state index contributed by atoms with van der Waals surface area (Å²) in [6.45, 7) is 8.57. The highest BCUT2D eigenvalue weighted by molar-refractivity contribution is 14.1. The molecule has 1 nitrogen and oxygen atoms in total. The van der Waals surface area contributed by atoms with Crippen molar-refractivity contribution in [1.82, 2.24) is 0 Å². The molecule has 0 saturated carbocycles. The second kappa shape index (κ2) is 5.39. The third-order valence-electron chi connectivity index (χ3n) is 1.95. The lowest BCUT2D eigenvalue weighted by Gasteiger charge is -2.14. The summed E-state index contributed by atoms with van der Waals surface area (Å²) in [6.07, 6.45) is 1.77. The molecular formula is C12H15IO. The van der Waals surface area contributed by atoms with Gasteiger partial charge in [0, 0.05) is 9.13 Å². The van der Waals surface area contributed by atoms with Crippen molar-refractivity contribution in [3.63, 3.8) is 0 Å². The van der Waals surface area contributed by atoms with E-state index in [2.05, 4.69) is 49.1 Å². The number of hydrogen-bond donors (Lipinski definition) is 0. The third-order valence-corrected chi connectivity index (χ3v) is 2.89. The molecule has 0 atom stereocenters. The summed E-state index contributed by atoms with van der Waals surface area (Å²) in [4.78, 5) is 0. The summed E-state index contributed by atoms with van der Waals surface area (Å²) >= 11 is 2.35. The van der Waals surface area contributed by atoms with Gasteiger partial charge in [-0.1, -0.05) is 32.6 Å². The Morgan fingerprint density at radius 3 is 2.79 bits per heavy atom. The summed E-state index contributed by atoms with van der Waals surface area (Å²) in [5, 5.41) is 0. The van der Waals surface area contributed by atoms with E-state index in [9.17, 15) is 0 Å². The van der Waals surface area contributed by atoms with Gasteiger partial charge in [-0.2, -0.15) is 0 Å². The highest BCUT2D eigenvalue weighted by Gasteiger charge is 2.10. The zero-order chi connectivity index (χ0) is 10.6. The van der Waals surface area contributed by atoms with Gasteiger partial charge in [0.15, 0.2) is 0 Å². The quantitative estimate of drug-likeness (QED) is 0.604. The van der Waals surface area contributed by atoms with E-state index in [-0.39, 0.29) is 0 Å². The Hall–Kier alpha value is -0.510. The van der Waals surface area contributed by atoms with E-state index in [0.29, 0.717) is 12.5 Å². The maximum Gasteiger partial charge on any atom is 0.124 e. The van der Waals surface area contributed by atoms with Crippen molar-refractivity contribution in [2.75, 3.05) is 6.61 Å². The number of ether oxygens (including phenoxy) is 1. The van der Waals surface area contributed by atoms with E-state index in [1.807, 2.05) is 12.1 Å². The molecule has 0 unspecified atom stereocenters. The highest BCUT2D eigenvalue weighted by Crippen LogP contribution is 2.30. The molecule has 0 bridgehead atoms. The van der Waals surface area contributed by atoms with Crippen LogP contribution in [0.15, 0.2) is 30.9 Å². The molecule has 0 amide bonds. The first-order valence-electron chi connectivity index (χ1n) is 4.69. The number of benzene rings is 1. The van der Waals surface area contributed by atoms with Gasteiger partial charge in [0.25, 0.3) is 0 Å². The lowest BCUT2D eigenvalue weighted by atomic mass is 10.0. The second-order valence-corrected chi connectivity index (χ2v) is 4.57. The van der Waals surface area contributed by atoms with Crippen molar-refractivity contribution in [3.05, 3.63) is 40.0 Å². The zero-order valence-corrected chi connectivity index (χ0v) is 10.7. The Labute approximate surface area is 99.3 Å². The Kier molecular flexibility index (Phi) is 4.45. The van der Waals surface area contributed by atoms with E-state index in [0.717, 1.165) is 5.75 Å². The largest absolute Gasteiger partial charge is 0.489 e. The molecule has 0 saturated heterocycles. The molecule has 0 spiro atoms. The van der Waals surface area contributed by atoms with Gasteiger partial charge in [-0.25, -0.2) is 0 Å². The molecule has 0 fully saturated rings. The van der Waals surface area contributed by atoms with Gasteiger partial charge in [-0.05, 0) is 40.6 Å². The monoisotopic (exact) mass is 302 g/mol. The lowest BCUT2D eigenvalue weighted by Crippen LogP contribution is -2.00. The van der Waals surface area contributed by atoms with E-state index >= 15 is 0 Å². The second-order valence-electron chi connectivity index (χ2n) is 3.41. The van der Waals surface area contributed by atoms with Crippen LogP contribution >= 0.6 is 22.6 Å². The van der Waals surface area contributed by atoms with Crippen molar-refractivity contribution in [1.29, 1.82) is 0 Å². The summed E-state index contributed by atoms with van der Waals surface area (Å²) < 4.78 is 6.87. The van der Waals surface area contributed by atoms with E-state index in [1.54, 1.807) is 6.08 Å². The molecule has 14 heavy (non-hydrogen) atoms. The van der Waals surface area contributed by atoms with E-state index in [4.69, 9.17) is 4.74 Å². The minimum atomic E-state index is 0.489. The average Bonchev–Trinajstić information content (AvgIpc) is 2.14. The maximum absolute atomic E-state index is 5.61. The number of hydrogen-bond acceptors (Lipinski definition) is 1. The van der Waals surface area contributed by atoms with Crippen LogP contribution in [-0.2, 0) is 0 Å². The standard InChI is InChI=1S/C12H15IO/c1-4-8-14-11-7-5-6-10(13)12(11)9(2)3/h4-7,9H,1,8H2,2-3H3. The molecule has 0 aliphatic heterocycles. The van der Waals surface area contributed by atoms with Gasteiger partial charge < -0.3 is 4.74 Å². The van der Waals surface area contributed by atoms with Gasteiger partial charge >= 0.3 is 0 Å². The fourth-order valence-electron chi connectivity index (χ4n) is 1.35. The SMILES string of the molecule is C=CCOc1cccc(I)c1C(C)C. The van der Waals surface area contributed by atoms with Crippen LogP contribution < -0.4 is 4.74 Å². The highest BCUT2D eigenvalue weighted by atomic mass is 127. The minimum Gasteiger partial charge on any atom is -0.489 e. The van der Waals surface area contributed by atoms with Crippen LogP contribution in [0.1, 0.15) is 25.3 Å². The molecule has 76 valence electrons. The number of halogens is 1. The molecule has 0 aromatic heterocycles. The molecule has 0 radical (unpaired) electrons. The Balaban J connectivity index is 3.01. The zero-order valence-electron chi connectivity index (χ0n) is 8.59. The van der Waals surface area contributed by atoms with Crippen LogP contribution in [-0.4, -0.2) is 6.61 Å². The molecule has 1 aromatic carbocycles. The van der Waals surface area contributed by atoms with Crippen LogP contribution in [0.2, 0.25) is 0 Å². The third kappa shape index (κ3) is 2.74. The fourth-order valence-corrected chi connectivity index (χ4v) is 2.45. The normalized spacial score (nSPS) is 10.3. The Morgan fingerprint density at radius 1 is 1.50 bits per heavy atom. The Bertz CT molecular complexity index is 318. The van der Waals surface area contributed by atoms with Crippen LogP contribution in [0.3, 0.4) is 0 Å². The Morgan fingerprint density at radius 2 is 2.21 bits per heavy atom. The first kappa shape index (κ1) is 11.6. The average molecular weight is 302 g/mol. The summed E-state index contributed by atoms with van der Waals surface area (Å²) in [7, 11) is 0. The molecule has 2 heteroatoms. The van der Waals surface area contributed by atoms with Crippen molar-refractivity contribution >= 4 is 22.6 Å². The van der Waals surface area contributed by atoms with Gasteiger partial charge in [0.2, 0.25) is 0 Å². The fraction of sp³-hybridized carbons (Fsp3) is 0.333. The number of rotatable bonds is 4. The topological polar surface area (TPSA) is 9.23 Å². The first-order chi connectivity index (χ1) is 6.66. The van der Waals surface area contributed by atoms with Gasteiger partial charge in [-0.15, -0.1) is 0 Å². The summed E-state index contributed by atoms with van der Waals surface area (Å²) in [5.74, 6) is 1.47. The summed E-state index contributed by atoms with van der Waals surface area (Å²) in [5.41, 5.74) is 1.29. The van der Waals surface area contributed by atoms with Crippen molar-refractivity contribution < 1.29 is 4.74 Å². The minimum absolute atomic E-state index is 0.489. The molecule has 0 heterocycles. The van der Waals surface area contributed by atoms with Crippen LogP contribution in [0.25, 0.3) is 0 Å². The van der Waals surface area contributed by atoms with Gasteiger partial charge in [0.1, 0.15) is 12.4 Å². The molecule has 1 aromatic rings. The lowest BCUT2D eigenvalue weighted by molar-refractivity contribution is 0.357. The predicted octanol–water partition coefficient (Wildman–Crippen LogP) is 3.98. The van der Waals surface area contributed by atoms with Crippen LogP contribution in [0, 0.1) is 3.57 Å². The smallest absolute Gasteiger partial charge is 0.124 e. The van der Waals surface area contributed by atoms with Crippen molar-refractivity contribution in [3.8, 4) is 5.75 Å². The molecule has 1 rings (SSSR count). The van der Waals surface area contributed by atoms with Crippen molar-refractivity contribution in [2.24, 2.45) is 0 Å². The molecule has 0 N–H and O–H groups in total. The van der Waals surface area contributed by atoms with Gasteiger partial charge in [0.05, 0.1) is 0 Å². The molecular weight excluding hydrogens is 287 g/mol. The summed E-state index contributed by atoms with van der Waals surface area (Å²) in [6, 6.07) is 6.14. The molecule has 0 aliphatic rings. The predicted molar refractivity (Wildman–Crippen MR) is 68.9 cm³/mol. The maximum atomic E-state index is 5.61. The van der Waals surface area contributed by atoms with E-state index < -0.39 is 0 Å².